The maximum Gasteiger partial charge on any atom is 0.331 e. The molecule has 0 aliphatic heterocycles. The molecule has 0 N–H and O–H groups in total. The Labute approximate surface area is 136 Å². The lowest BCUT2D eigenvalue weighted by molar-refractivity contribution is -0.136. The molecule has 0 spiro atoms. The molecule has 1 heterocycles. The van der Waals surface area contributed by atoms with E-state index in [2.05, 4.69) is 0 Å². The number of Topliss-reactive ketones (excluding diaryl/α,β-unsaturated/α-hetero) is 1. The van der Waals surface area contributed by atoms with E-state index in [0.717, 1.165) is 4.88 Å². The van der Waals surface area contributed by atoms with E-state index in [1.807, 2.05) is 17.5 Å². The highest BCUT2D eigenvalue weighted by Crippen LogP contribution is 2.25. The van der Waals surface area contributed by atoms with Crippen molar-refractivity contribution in [2.24, 2.45) is 0 Å². The van der Waals surface area contributed by atoms with E-state index in [-0.39, 0.29) is 12.4 Å². The fourth-order valence-electron chi connectivity index (χ4n) is 1.64. The molecule has 0 saturated carbocycles. The van der Waals surface area contributed by atoms with E-state index in [1.165, 1.54) is 30.6 Å². The first kappa shape index (κ1) is 16.3. The molecule has 1 aromatic carbocycles. The Bertz CT molecular complexity index is 692. The van der Waals surface area contributed by atoms with Crippen LogP contribution in [0.2, 0.25) is 5.02 Å². The Kier molecular flexibility index (Phi) is 5.75. The number of rotatable bonds is 6. The Hall–Kier alpha value is -2.11. The fourth-order valence-corrected chi connectivity index (χ4v) is 2.52. The van der Waals surface area contributed by atoms with Gasteiger partial charge in [0.2, 0.25) is 0 Å². The highest BCUT2D eigenvalue weighted by Gasteiger charge is 2.11. The van der Waals surface area contributed by atoms with Crippen molar-refractivity contribution < 1.29 is 19.1 Å². The normalized spacial score (nSPS) is 10.6. The molecule has 6 heteroatoms. The predicted molar refractivity (Wildman–Crippen MR) is 86.6 cm³/mol. The van der Waals surface area contributed by atoms with Crippen LogP contribution in [0.1, 0.15) is 15.2 Å². The topological polar surface area (TPSA) is 52.6 Å². The van der Waals surface area contributed by atoms with Crippen LogP contribution in [0.4, 0.5) is 0 Å². The lowest BCUT2D eigenvalue weighted by Gasteiger charge is -2.05. The second-order valence-electron chi connectivity index (χ2n) is 4.23. The first-order valence-electron chi connectivity index (χ1n) is 6.35. The summed E-state index contributed by atoms with van der Waals surface area (Å²) in [7, 11) is 1.49. The van der Waals surface area contributed by atoms with Crippen molar-refractivity contribution in [1.29, 1.82) is 0 Å². The zero-order chi connectivity index (χ0) is 15.9. The first-order valence-corrected chi connectivity index (χ1v) is 7.61. The summed E-state index contributed by atoms with van der Waals surface area (Å²) in [6, 6.07) is 8.40. The van der Waals surface area contributed by atoms with E-state index in [1.54, 1.807) is 18.2 Å². The van der Waals surface area contributed by atoms with Crippen molar-refractivity contribution in [3.8, 4) is 5.75 Å². The number of hydrogen-bond donors (Lipinski definition) is 0. The van der Waals surface area contributed by atoms with E-state index in [0.29, 0.717) is 16.3 Å². The Morgan fingerprint density at radius 1 is 1.32 bits per heavy atom. The summed E-state index contributed by atoms with van der Waals surface area (Å²) in [5, 5.41) is 2.24. The van der Waals surface area contributed by atoms with Gasteiger partial charge in [0.25, 0.3) is 0 Å². The third-order valence-corrected chi connectivity index (χ3v) is 3.88. The van der Waals surface area contributed by atoms with Gasteiger partial charge in [0.15, 0.2) is 12.4 Å². The molecule has 0 fully saturated rings. The standard InChI is InChI=1S/C16H13ClO4S/c1-20-15-6-4-11(9-13(15)17)14(18)10-21-16(19)7-5-12-3-2-8-22-12/h2-9H,10H2,1H3/b7-5+. The van der Waals surface area contributed by atoms with E-state index in [9.17, 15) is 9.59 Å². The third kappa shape index (κ3) is 4.44. The lowest BCUT2D eigenvalue weighted by Crippen LogP contribution is -2.12. The predicted octanol–water partition coefficient (Wildman–Crippen LogP) is 3.85. The van der Waals surface area contributed by atoms with Crippen molar-refractivity contribution in [3.05, 3.63) is 57.3 Å². The van der Waals surface area contributed by atoms with Crippen molar-refractivity contribution in [2.75, 3.05) is 13.7 Å². The minimum absolute atomic E-state index is 0.331. The summed E-state index contributed by atoms with van der Waals surface area (Å²) in [5.41, 5.74) is 0.362. The van der Waals surface area contributed by atoms with E-state index < -0.39 is 5.97 Å². The largest absolute Gasteiger partial charge is 0.495 e. The molecular weight excluding hydrogens is 324 g/mol. The zero-order valence-corrected chi connectivity index (χ0v) is 13.3. The summed E-state index contributed by atoms with van der Waals surface area (Å²) in [4.78, 5) is 24.4. The zero-order valence-electron chi connectivity index (χ0n) is 11.7. The molecule has 2 aromatic rings. The maximum atomic E-state index is 11.9. The summed E-state index contributed by atoms with van der Waals surface area (Å²) in [6.07, 6.45) is 2.93. The molecule has 0 atom stereocenters. The van der Waals surface area contributed by atoms with Crippen LogP contribution < -0.4 is 4.74 Å². The Morgan fingerprint density at radius 2 is 2.14 bits per heavy atom. The number of ketones is 1. The molecule has 0 aliphatic rings. The molecular formula is C16H13ClO4S. The molecule has 2 rings (SSSR count). The monoisotopic (exact) mass is 336 g/mol. The van der Waals surface area contributed by atoms with E-state index in [4.69, 9.17) is 21.1 Å². The van der Waals surface area contributed by atoms with Crippen LogP contribution in [0.25, 0.3) is 6.08 Å². The quantitative estimate of drug-likeness (QED) is 0.457. The number of thiophene rings is 1. The second kappa shape index (κ2) is 7.77. The van der Waals surface area contributed by atoms with Gasteiger partial charge in [-0.05, 0) is 35.7 Å². The molecule has 1 aromatic heterocycles. The number of halogens is 1. The number of carbonyl (C=O) groups excluding carboxylic acids is 2. The SMILES string of the molecule is COc1ccc(C(=O)COC(=O)/C=C/c2cccs2)cc1Cl. The number of esters is 1. The van der Waals surface area contributed by atoms with Gasteiger partial charge < -0.3 is 9.47 Å². The van der Waals surface area contributed by atoms with Gasteiger partial charge in [-0.25, -0.2) is 4.79 Å². The number of hydrogen-bond acceptors (Lipinski definition) is 5. The molecule has 0 saturated heterocycles. The van der Waals surface area contributed by atoms with Crippen molar-refractivity contribution in [3.63, 3.8) is 0 Å². The molecule has 0 radical (unpaired) electrons. The maximum absolute atomic E-state index is 11.9. The molecule has 0 bridgehead atoms. The van der Waals surface area contributed by atoms with Crippen LogP contribution in [-0.2, 0) is 9.53 Å². The van der Waals surface area contributed by atoms with Crippen LogP contribution in [0.3, 0.4) is 0 Å². The molecule has 0 unspecified atom stereocenters. The molecule has 22 heavy (non-hydrogen) atoms. The molecule has 0 aliphatic carbocycles. The number of ether oxygens (including phenoxy) is 2. The summed E-state index contributed by atoms with van der Waals surface area (Å²) < 4.78 is 9.92. The summed E-state index contributed by atoms with van der Waals surface area (Å²) in [5.74, 6) is -0.419. The Morgan fingerprint density at radius 3 is 2.77 bits per heavy atom. The van der Waals surface area contributed by atoms with Crippen molar-refractivity contribution in [2.45, 2.75) is 0 Å². The first-order chi connectivity index (χ1) is 10.6. The van der Waals surface area contributed by atoms with Gasteiger partial charge in [-0.2, -0.15) is 0 Å². The average molecular weight is 337 g/mol. The van der Waals surface area contributed by atoms with Gasteiger partial charge in [0.05, 0.1) is 12.1 Å². The number of methoxy groups -OCH3 is 1. The smallest absolute Gasteiger partial charge is 0.331 e. The van der Waals surface area contributed by atoms with Gasteiger partial charge in [0.1, 0.15) is 5.75 Å². The van der Waals surface area contributed by atoms with Crippen molar-refractivity contribution >= 4 is 40.8 Å². The van der Waals surface area contributed by atoms with Crippen molar-refractivity contribution in [1.82, 2.24) is 0 Å². The van der Waals surface area contributed by atoms with Crippen LogP contribution in [-0.4, -0.2) is 25.5 Å². The van der Waals surface area contributed by atoms with Gasteiger partial charge in [-0.15, -0.1) is 11.3 Å². The summed E-state index contributed by atoms with van der Waals surface area (Å²) >= 11 is 7.45. The average Bonchev–Trinajstić information content (AvgIpc) is 3.03. The molecule has 0 amide bonds. The minimum Gasteiger partial charge on any atom is -0.495 e. The highest BCUT2D eigenvalue weighted by molar-refractivity contribution is 7.10. The van der Waals surface area contributed by atoms with Crippen LogP contribution >= 0.6 is 22.9 Å². The third-order valence-electron chi connectivity index (χ3n) is 2.75. The van der Waals surface area contributed by atoms with Crippen LogP contribution in [0.5, 0.6) is 5.75 Å². The minimum atomic E-state index is -0.568. The Balaban J connectivity index is 1.89. The highest BCUT2D eigenvalue weighted by atomic mass is 35.5. The van der Waals surface area contributed by atoms with Crippen LogP contribution in [0.15, 0.2) is 41.8 Å². The van der Waals surface area contributed by atoms with E-state index >= 15 is 0 Å². The molecule has 114 valence electrons. The summed E-state index contributed by atoms with van der Waals surface area (Å²) in [6.45, 7) is -0.337. The number of carbonyl (C=O) groups is 2. The molecule has 4 nitrogen and oxygen atoms in total. The van der Waals surface area contributed by atoms with Gasteiger partial charge in [0, 0.05) is 16.5 Å². The van der Waals surface area contributed by atoms with Gasteiger partial charge in [-0.1, -0.05) is 17.7 Å². The lowest BCUT2D eigenvalue weighted by atomic mass is 10.1. The van der Waals surface area contributed by atoms with Crippen LogP contribution in [0, 0.1) is 0 Å². The second-order valence-corrected chi connectivity index (χ2v) is 5.62. The number of benzene rings is 1. The van der Waals surface area contributed by atoms with Gasteiger partial charge in [-0.3, -0.25) is 4.79 Å². The van der Waals surface area contributed by atoms with Gasteiger partial charge >= 0.3 is 5.97 Å². The fraction of sp³-hybridized carbons (Fsp3) is 0.125.